The van der Waals surface area contributed by atoms with Crippen LogP contribution in [-0.2, 0) is 22.6 Å². The van der Waals surface area contributed by atoms with Gasteiger partial charge < -0.3 is 10.1 Å². The number of carbonyl (C=O) groups is 2. The Bertz CT molecular complexity index is 1240. The fraction of sp³-hybridized carbons (Fsp3) is 0.143. The van der Waals surface area contributed by atoms with Crippen molar-refractivity contribution in [1.29, 1.82) is 0 Å². The van der Waals surface area contributed by atoms with Crippen LogP contribution in [0, 0.1) is 5.82 Å². The van der Waals surface area contributed by atoms with E-state index in [1.54, 1.807) is 31.4 Å². The molecule has 0 radical (unpaired) electrons. The number of hydrogen-bond acceptors (Lipinski definition) is 4. The third kappa shape index (κ3) is 6.13. The van der Waals surface area contributed by atoms with E-state index in [4.69, 9.17) is 4.74 Å². The minimum atomic E-state index is -1.000. The molecule has 0 fully saturated rings. The summed E-state index contributed by atoms with van der Waals surface area (Å²) in [5.74, 6) is -0.401. The highest BCUT2D eigenvalue weighted by molar-refractivity contribution is 7.10. The number of carbonyl (C=O) groups excluding carboxylic acids is 2. The van der Waals surface area contributed by atoms with Crippen LogP contribution in [0.15, 0.2) is 96.4 Å². The average molecular weight is 489 g/mol. The second-order valence-electron chi connectivity index (χ2n) is 7.88. The van der Waals surface area contributed by atoms with E-state index in [2.05, 4.69) is 5.32 Å². The SMILES string of the molecule is COc1ccc(N(C(=O)Cc2cccs2)[C@@H](C(=O)NCc2ccccc2)c2ccc(F)cc2)cc1. The van der Waals surface area contributed by atoms with Gasteiger partial charge in [0.2, 0.25) is 11.8 Å². The van der Waals surface area contributed by atoms with Crippen molar-refractivity contribution in [2.24, 2.45) is 0 Å². The Hall–Kier alpha value is -3.97. The average Bonchev–Trinajstić information content (AvgIpc) is 3.40. The zero-order valence-electron chi connectivity index (χ0n) is 19.2. The van der Waals surface area contributed by atoms with Crippen LogP contribution in [0.25, 0.3) is 0 Å². The van der Waals surface area contributed by atoms with Crippen LogP contribution < -0.4 is 15.0 Å². The number of halogens is 1. The molecule has 178 valence electrons. The summed E-state index contributed by atoms with van der Waals surface area (Å²) in [6.45, 7) is 0.299. The molecule has 2 amide bonds. The molecule has 5 nitrogen and oxygen atoms in total. The maximum Gasteiger partial charge on any atom is 0.248 e. The summed E-state index contributed by atoms with van der Waals surface area (Å²) >= 11 is 1.48. The van der Waals surface area contributed by atoms with E-state index in [0.717, 1.165) is 10.4 Å². The number of amides is 2. The van der Waals surface area contributed by atoms with Gasteiger partial charge in [0.15, 0.2) is 0 Å². The molecule has 0 saturated carbocycles. The van der Waals surface area contributed by atoms with Crippen molar-refractivity contribution in [3.8, 4) is 5.75 Å². The van der Waals surface area contributed by atoms with Gasteiger partial charge in [-0.25, -0.2) is 4.39 Å². The highest BCUT2D eigenvalue weighted by Crippen LogP contribution is 2.31. The van der Waals surface area contributed by atoms with Crippen molar-refractivity contribution < 1.29 is 18.7 Å². The maximum atomic E-state index is 13.7. The lowest BCUT2D eigenvalue weighted by Crippen LogP contribution is -2.44. The summed E-state index contributed by atoms with van der Waals surface area (Å²) < 4.78 is 19.0. The number of rotatable bonds is 9. The van der Waals surface area contributed by atoms with E-state index in [1.165, 1.54) is 40.5 Å². The summed E-state index contributed by atoms with van der Waals surface area (Å²) in [6, 6.07) is 24.9. The van der Waals surface area contributed by atoms with Crippen molar-refractivity contribution in [2.75, 3.05) is 12.0 Å². The molecule has 0 aliphatic rings. The first-order chi connectivity index (χ1) is 17.0. The van der Waals surface area contributed by atoms with Gasteiger partial charge in [0.1, 0.15) is 17.6 Å². The van der Waals surface area contributed by atoms with Gasteiger partial charge in [-0.1, -0.05) is 48.5 Å². The van der Waals surface area contributed by atoms with Gasteiger partial charge in [0.05, 0.1) is 13.5 Å². The fourth-order valence-corrected chi connectivity index (χ4v) is 4.47. The Morgan fingerprint density at radius 3 is 2.29 bits per heavy atom. The standard InChI is InChI=1S/C28H25FN2O3S/c1-34-24-15-13-23(14-16-24)31(26(32)18-25-8-5-17-35-25)27(21-9-11-22(29)12-10-21)28(33)30-19-20-6-3-2-4-7-20/h2-17,27H,18-19H2,1H3,(H,30,33)/t27-/m1/s1. The molecule has 1 heterocycles. The number of thiophene rings is 1. The molecule has 0 saturated heterocycles. The van der Waals surface area contributed by atoms with Gasteiger partial charge in [-0.15, -0.1) is 11.3 Å². The van der Waals surface area contributed by atoms with Crippen LogP contribution in [0.5, 0.6) is 5.75 Å². The first kappa shape index (κ1) is 24.2. The zero-order valence-corrected chi connectivity index (χ0v) is 20.0. The largest absolute Gasteiger partial charge is 0.497 e. The summed E-state index contributed by atoms with van der Waals surface area (Å²) in [6.07, 6.45) is 0.132. The van der Waals surface area contributed by atoms with Crippen LogP contribution in [-0.4, -0.2) is 18.9 Å². The Morgan fingerprint density at radius 1 is 0.943 bits per heavy atom. The normalized spacial score (nSPS) is 11.5. The minimum Gasteiger partial charge on any atom is -0.497 e. The van der Waals surface area contributed by atoms with E-state index in [-0.39, 0.29) is 18.2 Å². The number of methoxy groups -OCH3 is 1. The molecule has 1 aromatic heterocycles. The number of ether oxygens (including phenoxy) is 1. The summed E-state index contributed by atoms with van der Waals surface area (Å²) in [5, 5.41) is 4.86. The molecule has 0 aliphatic carbocycles. The molecule has 3 aromatic carbocycles. The van der Waals surface area contributed by atoms with Crippen LogP contribution in [0.4, 0.5) is 10.1 Å². The predicted octanol–water partition coefficient (Wildman–Crippen LogP) is 5.53. The zero-order chi connectivity index (χ0) is 24.6. The van der Waals surface area contributed by atoms with Crippen LogP contribution in [0.3, 0.4) is 0 Å². The van der Waals surface area contributed by atoms with Gasteiger partial charge in [-0.05, 0) is 59.0 Å². The summed E-state index contributed by atoms with van der Waals surface area (Å²) in [7, 11) is 1.56. The lowest BCUT2D eigenvalue weighted by atomic mass is 10.0. The molecule has 7 heteroatoms. The molecule has 35 heavy (non-hydrogen) atoms. The van der Waals surface area contributed by atoms with Crippen LogP contribution in [0.1, 0.15) is 22.0 Å². The predicted molar refractivity (Wildman–Crippen MR) is 136 cm³/mol. The number of hydrogen-bond donors (Lipinski definition) is 1. The molecular weight excluding hydrogens is 463 g/mol. The van der Waals surface area contributed by atoms with Gasteiger partial charge in [-0.3, -0.25) is 14.5 Å². The van der Waals surface area contributed by atoms with Crippen molar-refractivity contribution in [3.63, 3.8) is 0 Å². The first-order valence-electron chi connectivity index (χ1n) is 11.1. The van der Waals surface area contributed by atoms with E-state index < -0.39 is 11.9 Å². The number of anilines is 1. The molecular formula is C28H25FN2O3S. The molecule has 4 rings (SSSR count). The fourth-order valence-electron chi connectivity index (χ4n) is 3.77. The second kappa shape index (κ2) is 11.4. The molecule has 0 unspecified atom stereocenters. The molecule has 0 aliphatic heterocycles. The summed E-state index contributed by atoms with van der Waals surface area (Å²) in [5.41, 5.74) is 1.98. The maximum absolute atomic E-state index is 13.7. The van der Waals surface area contributed by atoms with Crippen molar-refractivity contribution in [1.82, 2.24) is 5.32 Å². The lowest BCUT2D eigenvalue weighted by molar-refractivity contribution is -0.126. The Balaban J connectivity index is 1.73. The van der Waals surface area contributed by atoms with Crippen LogP contribution in [0.2, 0.25) is 0 Å². The third-order valence-corrected chi connectivity index (χ3v) is 6.40. The Labute approximate surface area is 207 Å². The van der Waals surface area contributed by atoms with Gasteiger partial charge >= 0.3 is 0 Å². The number of nitrogens with one attached hydrogen (secondary N) is 1. The third-order valence-electron chi connectivity index (χ3n) is 5.53. The molecule has 0 spiro atoms. The van der Waals surface area contributed by atoms with E-state index in [0.29, 0.717) is 23.5 Å². The first-order valence-corrected chi connectivity index (χ1v) is 12.0. The van der Waals surface area contributed by atoms with Crippen molar-refractivity contribution >= 4 is 28.8 Å². The molecule has 1 N–H and O–H groups in total. The van der Waals surface area contributed by atoms with Crippen molar-refractivity contribution in [3.05, 3.63) is 118 Å². The monoisotopic (exact) mass is 488 g/mol. The van der Waals surface area contributed by atoms with E-state index in [9.17, 15) is 14.0 Å². The highest BCUT2D eigenvalue weighted by Gasteiger charge is 2.33. The van der Waals surface area contributed by atoms with Crippen LogP contribution >= 0.6 is 11.3 Å². The quantitative estimate of drug-likeness (QED) is 0.337. The Morgan fingerprint density at radius 2 is 1.66 bits per heavy atom. The van der Waals surface area contributed by atoms with Gasteiger partial charge in [0.25, 0.3) is 0 Å². The van der Waals surface area contributed by atoms with Crippen molar-refractivity contribution in [2.45, 2.75) is 19.0 Å². The molecule has 4 aromatic rings. The minimum absolute atomic E-state index is 0.132. The Kier molecular flexibility index (Phi) is 7.90. The second-order valence-corrected chi connectivity index (χ2v) is 8.91. The summed E-state index contributed by atoms with van der Waals surface area (Å²) in [4.78, 5) is 29.7. The molecule has 0 bridgehead atoms. The lowest BCUT2D eigenvalue weighted by Gasteiger charge is -2.31. The molecule has 1 atom stereocenters. The number of benzene rings is 3. The topological polar surface area (TPSA) is 58.6 Å². The van der Waals surface area contributed by atoms with Gasteiger partial charge in [-0.2, -0.15) is 0 Å². The highest BCUT2D eigenvalue weighted by atomic mass is 32.1. The van der Waals surface area contributed by atoms with E-state index >= 15 is 0 Å². The van der Waals surface area contributed by atoms with E-state index in [1.807, 2.05) is 47.8 Å². The number of nitrogens with zero attached hydrogens (tertiary/aromatic N) is 1. The smallest absolute Gasteiger partial charge is 0.248 e. The van der Waals surface area contributed by atoms with Gasteiger partial charge in [0, 0.05) is 17.1 Å².